The number of hydrogen-bond donors (Lipinski definition) is 2. The van der Waals surface area contributed by atoms with Gasteiger partial charge in [-0.1, -0.05) is 6.07 Å². The summed E-state index contributed by atoms with van der Waals surface area (Å²) < 4.78 is 5.31. The average molecular weight is 347 g/mol. The molecule has 0 radical (unpaired) electrons. The van der Waals surface area contributed by atoms with Crippen LogP contribution in [-0.4, -0.2) is 35.2 Å². The predicted molar refractivity (Wildman–Crippen MR) is 106 cm³/mol. The van der Waals surface area contributed by atoms with Gasteiger partial charge in [0.2, 0.25) is 0 Å². The third kappa shape index (κ3) is 2.99. The van der Waals surface area contributed by atoms with Crippen LogP contribution in [-0.2, 0) is 0 Å². The van der Waals surface area contributed by atoms with E-state index in [2.05, 4.69) is 10.3 Å². The maximum absolute atomic E-state index is 5.55. The van der Waals surface area contributed by atoms with Crippen molar-refractivity contribution in [2.75, 3.05) is 25.5 Å². The highest BCUT2D eigenvalue weighted by Gasteiger charge is 2.10. The Morgan fingerprint density at radius 2 is 1.85 bits per heavy atom. The van der Waals surface area contributed by atoms with E-state index in [-0.39, 0.29) is 0 Å². The zero-order chi connectivity index (χ0) is 17.9. The molecule has 4 aromatic rings. The SMILES string of the molecule is COc1ccc2c(ccc3nc4c(NCCCCN)nccc4nc32)c1. The predicted octanol–water partition coefficient (Wildman–Crippen LogP) is 3.49. The Balaban J connectivity index is 1.82. The van der Waals surface area contributed by atoms with Gasteiger partial charge >= 0.3 is 0 Å². The standard InChI is InChI=1S/C20H21N5O/c1-26-14-5-6-15-13(12-14)4-7-16-18(15)24-17-8-11-23-20(19(17)25-16)22-10-3-2-9-21/h4-8,11-12H,2-3,9-10,21H2,1H3,(H,22,23). The van der Waals surface area contributed by atoms with Crippen molar-refractivity contribution in [3.63, 3.8) is 0 Å². The van der Waals surface area contributed by atoms with Gasteiger partial charge in [0.15, 0.2) is 5.82 Å². The summed E-state index contributed by atoms with van der Waals surface area (Å²) in [5.74, 6) is 1.60. The summed E-state index contributed by atoms with van der Waals surface area (Å²) in [6.07, 6.45) is 3.76. The van der Waals surface area contributed by atoms with Crippen molar-refractivity contribution in [3.05, 3.63) is 42.6 Å². The number of hydrogen-bond acceptors (Lipinski definition) is 6. The van der Waals surface area contributed by atoms with Crippen LogP contribution >= 0.6 is 0 Å². The lowest BCUT2D eigenvalue weighted by molar-refractivity contribution is 0.415. The largest absolute Gasteiger partial charge is 0.497 e. The Morgan fingerprint density at radius 3 is 2.69 bits per heavy atom. The summed E-state index contributed by atoms with van der Waals surface area (Å²) in [5.41, 5.74) is 8.92. The molecule has 0 atom stereocenters. The number of aromatic nitrogens is 3. The second kappa shape index (κ2) is 7.09. The van der Waals surface area contributed by atoms with E-state index >= 15 is 0 Å². The third-order valence-electron chi connectivity index (χ3n) is 4.47. The van der Waals surface area contributed by atoms with E-state index in [1.165, 1.54) is 0 Å². The van der Waals surface area contributed by atoms with Crippen molar-refractivity contribution in [2.45, 2.75) is 12.8 Å². The Hall–Kier alpha value is -2.99. The number of fused-ring (bicyclic) bond motifs is 4. The van der Waals surface area contributed by atoms with Gasteiger partial charge < -0.3 is 15.8 Å². The fraction of sp³-hybridized carbons (Fsp3) is 0.250. The monoisotopic (exact) mass is 347 g/mol. The summed E-state index contributed by atoms with van der Waals surface area (Å²) >= 11 is 0. The van der Waals surface area contributed by atoms with Gasteiger partial charge in [-0.05, 0) is 55.1 Å². The van der Waals surface area contributed by atoms with E-state index in [9.17, 15) is 0 Å². The second-order valence-corrected chi connectivity index (χ2v) is 6.19. The van der Waals surface area contributed by atoms with Crippen LogP contribution in [0.3, 0.4) is 0 Å². The zero-order valence-corrected chi connectivity index (χ0v) is 14.7. The summed E-state index contributed by atoms with van der Waals surface area (Å²) in [7, 11) is 1.67. The summed E-state index contributed by atoms with van der Waals surface area (Å²) in [6, 6.07) is 11.9. The first-order valence-electron chi connectivity index (χ1n) is 8.77. The molecule has 4 rings (SSSR count). The number of nitrogens with one attached hydrogen (secondary N) is 1. The molecule has 0 bridgehead atoms. The molecule has 0 saturated heterocycles. The van der Waals surface area contributed by atoms with Gasteiger partial charge in [0.05, 0.1) is 23.7 Å². The molecule has 0 aliphatic rings. The van der Waals surface area contributed by atoms with E-state index in [1.807, 2.05) is 36.4 Å². The fourth-order valence-corrected chi connectivity index (χ4v) is 3.11. The first-order valence-corrected chi connectivity index (χ1v) is 8.77. The number of nitrogens with two attached hydrogens (primary N) is 1. The lowest BCUT2D eigenvalue weighted by atomic mass is 10.1. The Bertz CT molecular complexity index is 1080. The van der Waals surface area contributed by atoms with Crippen LogP contribution in [0.4, 0.5) is 5.82 Å². The van der Waals surface area contributed by atoms with Gasteiger partial charge in [0.25, 0.3) is 0 Å². The van der Waals surface area contributed by atoms with E-state index in [1.54, 1.807) is 13.3 Å². The first kappa shape index (κ1) is 16.5. The number of unbranched alkanes of at least 4 members (excludes halogenated alkanes) is 1. The number of rotatable bonds is 6. The maximum Gasteiger partial charge on any atom is 0.154 e. The van der Waals surface area contributed by atoms with E-state index in [0.717, 1.165) is 63.8 Å². The van der Waals surface area contributed by atoms with Crippen LogP contribution in [0.25, 0.3) is 32.8 Å². The Labute approximate surface area is 151 Å². The molecule has 132 valence electrons. The molecule has 6 heteroatoms. The van der Waals surface area contributed by atoms with Crippen LogP contribution in [0, 0.1) is 0 Å². The molecule has 0 unspecified atom stereocenters. The molecule has 2 heterocycles. The van der Waals surface area contributed by atoms with Crippen molar-refractivity contribution in [1.29, 1.82) is 0 Å². The lowest BCUT2D eigenvalue weighted by Crippen LogP contribution is -2.07. The first-order chi connectivity index (χ1) is 12.8. The van der Waals surface area contributed by atoms with Gasteiger partial charge in [-0.2, -0.15) is 0 Å². The van der Waals surface area contributed by atoms with Gasteiger partial charge in [-0.3, -0.25) is 0 Å². The fourth-order valence-electron chi connectivity index (χ4n) is 3.11. The van der Waals surface area contributed by atoms with Gasteiger partial charge in [0, 0.05) is 18.1 Å². The summed E-state index contributed by atoms with van der Waals surface area (Å²) in [6.45, 7) is 1.52. The average Bonchev–Trinajstić information content (AvgIpc) is 2.69. The Morgan fingerprint density at radius 1 is 1.00 bits per heavy atom. The van der Waals surface area contributed by atoms with Crippen molar-refractivity contribution < 1.29 is 4.74 Å². The smallest absolute Gasteiger partial charge is 0.154 e. The summed E-state index contributed by atoms with van der Waals surface area (Å²) in [5, 5.41) is 5.50. The minimum absolute atomic E-state index is 0.701. The number of nitrogens with zero attached hydrogens (tertiary/aromatic N) is 3. The van der Waals surface area contributed by atoms with Crippen LogP contribution in [0.2, 0.25) is 0 Å². The third-order valence-corrected chi connectivity index (χ3v) is 4.47. The van der Waals surface area contributed by atoms with E-state index in [4.69, 9.17) is 20.4 Å². The number of benzene rings is 2. The van der Waals surface area contributed by atoms with Gasteiger partial charge in [-0.25, -0.2) is 15.0 Å². The summed E-state index contributed by atoms with van der Waals surface area (Å²) in [4.78, 5) is 14.1. The lowest BCUT2D eigenvalue weighted by Gasteiger charge is -2.10. The maximum atomic E-state index is 5.55. The number of ether oxygens (including phenoxy) is 1. The molecule has 0 amide bonds. The highest BCUT2D eigenvalue weighted by molar-refractivity contribution is 6.07. The van der Waals surface area contributed by atoms with Gasteiger partial charge in [-0.15, -0.1) is 0 Å². The molecule has 6 nitrogen and oxygen atoms in total. The molecular weight excluding hydrogens is 326 g/mol. The quantitative estimate of drug-likeness (QED) is 0.315. The highest BCUT2D eigenvalue weighted by Crippen LogP contribution is 2.29. The van der Waals surface area contributed by atoms with Crippen LogP contribution < -0.4 is 15.8 Å². The van der Waals surface area contributed by atoms with E-state index in [0.29, 0.717) is 6.54 Å². The molecule has 0 fully saturated rings. The molecule has 0 aliphatic carbocycles. The Kier molecular flexibility index (Phi) is 4.50. The molecular formula is C20H21N5O. The van der Waals surface area contributed by atoms with Crippen LogP contribution in [0.5, 0.6) is 5.75 Å². The van der Waals surface area contributed by atoms with Crippen molar-refractivity contribution in [1.82, 2.24) is 15.0 Å². The highest BCUT2D eigenvalue weighted by atomic mass is 16.5. The normalized spacial score (nSPS) is 11.3. The number of anilines is 1. The molecule has 26 heavy (non-hydrogen) atoms. The molecule has 0 aliphatic heterocycles. The molecule has 0 spiro atoms. The minimum Gasteiger partial charge on any atom is -0.497 e. The molecule has 2 aromatic carbocycles. The van der Waals surface area contributed by atoms with Gasteiger partial charge in [0.1, 0.15) is 11.3 Å². The number of methoxy groups -OCH3 is 1. The molecule has 2 aromatic heterocycles. The van der Waals surface area contributed by atoms with Crippen molar-refractivity contribution >= 4 is 38.7 Å². The number of pyridine rings is 1. The van der Waals surface area contributed by atoms with Crippen molar-refractivity contribution in [2.24, 2.45) is 5.73 Å². The molecule has 3 N–H and O–H groups in total. The van der Waals surface area contributed by atoms with E-state index < -0.39 is 0 Å². The second-order valence-electron chi connectivity index (χ2n) is 6.19. The van der Waals surface area contributed by atoms with Crippen molar-refractivity contribution in [3.8, 4) is 5.75 Å². The van der Waals surface area contributed by atoms with Crippen LogP contribution in [0.1, 0.15) is 12.8 Å². The topological polar surface area (TPSA) is 86.0 Å². The molecule has 0 saturated carbocycles. The zero-order valence-electron chi connectivity index (χ0n) is 14.7. The van der Waals surface area contributed by atoms with Crippen LogP contribution in [0.15, 0.2) is 42.6 Å². The minimum atomic E-state index is 0.701.